The fourth-order valence-electron chi connectivity index (χ4n) is 2.23. The molecule has 0 unspecified atom stereocenters. The molecule has 0 heterocycles. The van der Waals surface area contributed by atoms with Crippen LogP contribution in [-0.2, 0) is 11.0 Å². The Balaban J connectivity index is 2.03. The lowest BCUT2D eigenvalue weighted by molar-refractivity contribution is -0.137. The summed E-state index contributed by atoms with van der Waals surface area (Å²) in [6.45, 7) is -0.509. The zero-order chi connectivity index (χ0) is 20.0. The quantitative estimate of drug-likeness (QED) is 0.805. The number of hydrogen-bond acceptors (Lipinski definition) is 4. The molecular formula is C18H17F3N2O4. The fraction of sp³-hybridized carbons (Fsp3) is 0.222. The van der Waals surface area contributed by atoms with Gasteiger partial charge in [-0.15, -0.1) is 0 Å². The predicted octanol–water partition coefficient (Wildman–Crippen LogP) is 3.09. The number of ether oxygens (including phenoxy) is 2. The molecule has 6 nitrogen and oxygen atoms in total. The normalized spacial score (nSPS) is 10.9. The molecule has 2 amide bonds. The average molecular weight is 382 g/mol. The van der Waals surface area contributed by atoms with E-state index in [4.69, 9.17) is 9.47 Å². The lowest BCUT2D eigenvalue weighted by Crippen LogP contribution is -2.33. The molecule has 2 rings (SSSR count). The molecule has 0 fully saturated rings. The van der Waals surface area contributed by atoms with Crippen molar-refractivity contribution < 1.29 is 32.2 Å². The Hall–Kier alpha value is -3.23. The SMILES string of the molecule is COc1cc(OC)cc(C(=O)NCC(=O)Nc2ccccc2C(F)(F)F)c1. The van der Waals surface area contributed by atoms with Gasteiger partial charge in [-0.1, -0.05) is 12.1 Å². The number of nitrogens with one attached hydrogen (secondary N) is 2. The highest BCUT2D eigenvalue weighted by molar-refractivity contribution is 6.00. The van der Waals surface area contributed by atoms with Crippen LogP contribution in [0, 0.1) is 0 Å². The summed E-state index contributed by atoms with van der Waals surface area (Å²) in [5, 5.41) is 4.48. The van der Waals surface area contributed by atoms with Gasteiger partial charge in [-0.25, -0.2) is 0 Å². The number of anilines is 1. The van der Waals surface area contributed by atoms with Crippen LogP contribution >= 0.6 is 0 Å². The second-order valence-electron chi connectivity index (χ2n) is 5.38. The lowest BCUT2D eigenvalue weighted by Gasteiger charge is -2.14. The summed E-state index contributed by atoms with van der Waals surface area (Å²) < 4.78 is 48.9. The highest BCUT2D eigenvalue weighted by atomic mass is 19.4. The van der Waals surface area contributed by atoms with Crippen molar-refractivity contribution in [2.24, 2.45) is 0 Å². The van der Waals surface area contributed by atoms with Gasteiger partial charge < -0.3 is 20.1 Å². The molecule has 0 aliphatic heterocycles. The molecule has 9 heteroatoms. The monoisotopic (exact) mass is 382 g/mol. The standard InChI is InChI=1S/C18H17F3N2O4/c1-26-12-7-11(8-13(9-12)27-2)17(25)22-10-16(24)23-15-6-4-3-5-14(15)18(19,20)21/h3-9H,10H2,1-2H3,(H,22,25)(H,23,24). The topological polar surface area (TPSA) is 76.7 Å². The van der Waals surface area contributed by atoms with Crippen LogP contribution in [0.25, 0.3) is 0 Å². The molecule has 0 radical (unpaired) electrons. The molecule has 0 saturated heterocycles. The van der Waals surface area contributed by atoms with E-state index in [0.29, 0.717) is 11.5 Å². The van der Waals surface area contributed by atoms with Gasteiger partial charge >= 0.3 is 6.18 Å². The van der Waals surface area contributed by atoms with Crippen molar-refractivity contribution in [3.8, 4) is 11.5 Å². The number of amides is 2. The zero-order valence-corrected chi connectivity index (χ0v) is 14.5. The van der Waals surface area contributed by atoms with Crippen molar-refractivity contribution in [3.63, 3.8) is 0 Å². The molecule has 2 N–H and O–H groups in total. The van der Waals surface area contributed by atoms with Crippen LogP contribution in [-0.4, -0.2) is 32.6 Å². The number of hydrogen-bond donors (Lipinski definition) is 2. The Morgan fingerprint density at radius 1 is 1.00 bits per heavy atom. The number of rotatable bonds is 6. The minimum absolute atomic E-state index is 0.176. The lowest BCUT2D eigenvalue weighted by atomic mass is 10.1. The van der Waals surface area contributed by atoms with Gasteiger partial charge in [0.05, 0.1) is 32.0 Å². The maximum Gasteiger partial charge on any atom is 0.418 e. The van der Waals surface area contributed by atoms with Gasteiger partial charge in [-0.2, -0.15) is 13.2 Å². The molecule has 0 aromatic heterocycles. The van der Waals surface area contributed by atoms with Crippen LogP contribution in [0.2, 0.25) is 0 Å². The molecule has 0 aliphatic rings. The number of para-hydroxylation sites is 1. The first-order chi connectivity index (χ1) is 12.7. The van der Waals surface area contributed by atoms with Gasteiger partial charge in [0.1, 0.15) is 11.5 Å². The van der Waals surface area contributed by atoms with Crippen LogP contribution in [0.15, 0.2) is 42.5 Å². The van der Waals surface area contributed by atoms with Crippen LogP contribution in [0.3, 0.4) is 0 Å². The van der Waals surface area contributed by atoms with Crippen LogP contribution in [0.5, 0.6) is 11.5 Å². The second-order valence-corrected chi connectivity index (χ2v) is 5.38. The number of carbonyl (C=O) groups is 2. The van der Waals surface area contributed by atoms with E-state index in [1.54, 1.807) is 6.07 Å². The van der Waals surface area contributed by atoms with E-state index >= 15 is 0 Å². The van der Waals surface area contributed by atoms with Crippen molar-refractivity contribution in [3.05, 3.63) is 53.6 Å². The summed E-state index contributed by atoms with van der Waals surface area (Å²) in [6.07, 6.45) is -4.61. The Kier molecular flexibility index (Phi) is 6.27. The average Bonchev–Trinajstić information content (AvgIpc) is 2.65. The van der Waals surface area contributed by atoms with Crippen molar-refractivity contribution in [1.82, 2.24) is 5.32 Å². The van der Waals surface area contributed by atoms with Gasteiger partial charge in [0, 0.05) is 11.6 Å². The van der Waals surface area contributed by atoms with E-state index in [1.807, 2.05) is 0 Å². The number of methoxy groups -OCH3 is 2. The summed E-state index contributed by atoms with van der Waals surface area (Å²) in [6, 6.07) is 9.02. The van der Waals surface area contributed by atoms with Crippen LogP contribution < -0.4 is 20.1 Å². The van der Waals surface area contributed by atoms with E-state index in [9.17, 15) is 22.8 Å². The largest absolute Gasteiger partial charge is 0.497 e. The first-order valence-corrected chi connectivity index (χ1v) is 7.72. The Bertz CT molecular complexity index is 815. The van der Waals surface area contributed by atoms with E-state index in [-0.39, 0.29) is 11.3 Å². The second kappa shape index (κ2) is 8.43. The third kappa shape index (κ3) is 5.37. The highest BCUT2D eigenvalue weighted by Gasteiger charge is 2.33. The summed E-state index contributed by atoms with van der Waals surface area (Å²) in [7, 11) is 2.84. The molecule has 144 valence electrons. The van der Waals surface area contributed by atoms with E-state index in [0.717, 1.165) is 12.1 Å². The number of carbonyl (C=O) groups excluding carboxylic acids is 2. The third-order valence-electron chi connectivity index (χ3n) is 3.53. The molecule has 0 bridgehead atoms. The van der Waals surface area contributed by atoms with E-state index in [2.05, 4.69) is 10.6 Å². The Morgan fingerprint density at radius 2 is 1.59 bits per heavy atom. The maximum atomic E-state index is 12.9. The first kappa shape index (κ1) is 20.1. The molecular weight excluding hydrogens is 365 g/mol. The smallest absolute Gasteiger partial charge is 0.418 e. The fourth-order valence-corrected chi connectivity index (χ4v) is 2.23. The van der Waals surface area contributed by atoms with Crippen molar-refractivity contribution >= 4 is 17.5 Å². The molecule has 27 heavy (non-hydrogen) atoms. The Labute approximate surface area is 153 Å². The molecule has 0 spiro atoms. The summed E-state index contributed by atoms with van der Waals surface area (Å²) >= 11 is 0. The van der Waals surface area contributed by atoms with Crippen molar-refractivity contribution in [2.45, 2.75) is 6.18 Å². The van der Waals surface area contributed by atoms with Gasteiger partial charge in [0.25, 0.3) is 5.91 Å². The highest BCUT2D eigenvalue weighted by Crippen LogP contribution is 2.34. The van der Waals surface area contributed by atoms with E-state index in [1.165, 1.54) is 38.5 Å². The zero-order valence-electron chi connectivity index (χ0n) is 14.5. The molecule has 0 atom stereocenters. The van der Waals surface area contributed by atoms with Crippen molar-refractivity contribution in [2.75, 3.05) is 26.1 Å². The third-order valence-corrected chi connectivity index (χ3v) is 3.53. The summed E-state index contributed by atoms with van der Waals surface area (Å²) in [4.78, 5) is 24.1. The van der Waals surface area contributed by atoms with Gasteiger partial charge in [0.2, 0.25) is 5.91 Å². The van der Waals surface area contributed by atoms with Crippen molar-refractivity contribution in [1.29, 1.82) is 0 Å². The maximum absolute atomic E-state index is 12.9. The predicted molar refractivity (Wildman–Crippen MR) is 92.0 cm³/mol. The van der Waals surface area contributed by atoms with Crippen LogP contribution in [0.1, 0.15) is 15.9 Å². The van der Waals surface area contributed by atoms with Gasteiger partial charge in [-0.3, -0.25) is 9.59 Å². The minimum Gasteiger partial charge on any atom is -0.497 e. The van der Waals surface area contributed by atoms with Gasteiger partial charge in [-0.05, 0) is 24.3 Å². The Morgan fingerprint density at radius 3 is 2.15 bits per heavy atom. The van der Waals surface area contributed by atoms with Crippen LogP contribution in [0.4, 0.5) is 18.9 Å². The van der Waals surface area contributed by atoms with E-state index < -0.39 is 30.1 Å². The van der Waals surface area contributed by atoms with Gasteiger partial charge in [0.15, 0.2) is 0 Å². The first-order valence-electron chi connectivity index (χ1n) is 7.72. The molecule has 2 aromatic rings. The molecule has 0 saturated carbocycles. The molecule has 0 aliphatic carbocycles. The summed E-state index contributed by atoms with van der Waals surface area (Å²) in [5.74, 6) is -0.646. The molecule has 2 aromatic carbocycles. The number of alkyl halides is 3. The number of benzene rings is 2. The summed E-state index contributed by atoms with van der Waals surface area (Å²) in [5.41, 5.74) is -1.18. The number of halogens is 3. The minimum atomic E-state index is -4.61.